The maximum Gasteiger partial charge on any atom is 0.407 e. The zero-order valence-electron chi connectivity index (χ0n) is 19.3. The van der Waals surface area contributed by atoms with Gasteiger partial charge < -0.3 is 25.4 Å². The summed E-state index contributed by atoms with van der Waals surface area (Å²) in [4.78, 5) is 31.5. The summed E-state index contributed by atoms with van der Waals surface area (Å²) < 4.78 is 12.4. The number of piperidine rings is 1. The summed E-state index contributed by atoms with van der Waals surface area (Å²) in [6.07, 6.45) is 1.24. The van der Waals surface area contributed by atoms with Crippen LogP contribution in [0.5, 0.6) is 0 Å². The molecule has 2 aromatic rings. The third kappa shape index (κ3) is 5.93. The van der Waals surface area contributed by atoms with Crippen molar-refractivity contribution in [1.29, 1.82) is 0 Å². The molecule has 0 radical (unpaired) electrons. The van der Waals surface area contributed by atoms with Gasteiger partial charge >= 0.3 is 12.1 Å². The van der Waals surface area contributed by atoms with E-state index in [1.54, 1.807) is 11.5 Å². The van der Waals surface area contributed by atoms with Crippen molar-refractivity contribution in [3.05, 3.63) is 41.6 Å². The smallest absolute Gasteiger partial charge is 0.407 e. The third-order valence-electron chi connectivity index (χ3n) is 5.05. The molecule has 9 heteroatoms. The lowest BCUT2D eigenvalue weighted by Crippen LogP contribution is -2.49. The van der Waals surface area contributed by atoms with Crippen LogP contribution in [0.2, 0.25) is 0 Å². The Hall–Kier alpha value is -3.23. The van der Waals surface area contributed by atoms with E-state index >= 15 is 0 Å². The van der Waals surface area contributed by atoms with Crippen LogP contribution in [-0.2, 0) is 16.0 Å². The monoisotopic (exact) mass is 443 g/mol. The van der Waals surface area contributed by atoms with Gasteiger partial charge in [0.05, 0.1) is 13.2 Å². The number of ether oxygens (including phenoxy) is 2. The molecule has 1 atom stereocenters. The number of nitrogens with two attached hydrogens (primary N) is 1. The Bertz CT molecular complexity index is 936. The van der Waals surface area contributed by atoms with Gasteiger partial charge in [0.15, 0.2) is 11.5 Å². The average Bonchev–Trinajstić information content (AvgIpc) is 3.03. The molecule has 1 amide bonds. The second-order valence-electron chi connectivity index (χ2n) is 8.87. The van der Waals surface area contributed by atoms with Crippen LogP contribution in [0.4, 0.5) is 16.6 Å². The predicted molar refractivity (Wildman–Crippen MR) is 123 cm³/mol. The number of hydrogen-bond donors (Lipinski definition) is 2. The van der Waals surface area contributed by atoms with E-state index in [0.29, 0.717) is 19.0 Å². The number of alkyl carbamates (subject to hydrolysis) is 1. The van der Waals surface area contributed by atoms with E-state index in [2.05, 4.69) is 10.3 Å². The van der Waals surface area contributed by atoms with Gasteiger partial charge in [0.1, 0.15) is 5.60 Å². The Morgan fingerprint density at radius 3 is 2.62 bits per heavy atom. The standard InChI is InChI=1S/C23H33N5O4/c1-5-31-20(29)18-19(24)26-21(28(18)14-16-10-7-6-8-11-16)27-13-9-12-17(15-27)25-22(30)32-23(2,3)4/h6-8,10-11,17H,5,9,12-15,24H2,1-4H3,(H,25,30). The number of imidazole rings is 1. The van der Waals surface area contributed by atoms with Gasteiger partial charge in [0.25, 0.3) is 0 Å². The lowest BCUT2D eigenvalue weighted by atomic mass is 10.1. The van der Waals surface area contributed by atoms with Crippen molar-refractivity contribution >= 4 is 23.8 Å². The van der Waals surface area contributed by atoms with Crippen LogP contribution in [0, 0.1) is 0 Å². The fourth-order valence-corrected chi connectivity index (χ4v) is 3.78. The maximum atomic E-state index is 12.7. The summed E-state index contributed by atoms with van der Waals surface area (Å²) in [6, 6.07) is 9.70. The first-order valence-electron chi connectivity index (χ1n) is 11.0. The Kier molecular flexibility index (Phi) is 7.27. The fourth-order valence-electron chi connectivity index (χ4n) is 3.78. The van der Waals surface area contributed by atoms with Crippen molar-refractivity contribution in [2.45, 2.75) is 58.7 Å². The highest BCUT2D eigenvalue weighted by molar-refractivity contribution is 5.93. The highest BCUT2D eigenvalue weighted by Crippen LogP contribution is 2.27. The largest absolute Gasteiger partial charge is 0.461 e. The molecule has 1 saturated heterocycles. The molecule has 174 valence electrons. The average molecular weight is 444 g/mol. The van der Waals surface area contributed by atoms with Crippen molar-refractivity contribution in [3.8, 4) is 0 Å². The number of nitrogen functional groups attached to an aromatic ring is 1. The molecule has 3 rings (SSSR count). The quantitative estimate of drug-likeness (QED) is 0.660. The van der Waals surface area contributed by atoms with Crippen LogP contribution in [0.15, 0.2) is 30.3 Å². The molecule has 0 aliphatic carbocycles. The molecule has 2 heterocycles. The number of rotatable bonds is 6. The molecule has 0 bridgehead atoms. The minimum absolute atomic E-state index is 0.104. The highest BCUT2D eigenvalue weighted by Gasteiger charge is 2.30. The second-order valence-corrected chi connectivity index (χ2v) is 8.87. The zero-order valence-corrected chi connectivity index (χ0v) is 19.3. The summed E-state index contributed by atoms with van der Waals surface area (Å²) in [5.41, 5.74) is 6.86. The summed E-state index contributed by atoms with van der Waals surface area (Å²) in [5, 5.41) is 2.95. The van der Waals surface area contributed by atoms with Crippen molar-refractivity contribution in [1.82, 2.24) is 14.9 Å². The number of carbonyl (C=O) groups is 2. The molecule has 9 nitrogen and oxygen atoms in total. The molecule has 1 aliphatic rings. The van der Waals surface area contributed by atoms with Crippen molar-refractivity contribution in [2.24, 2.45) is 0 Å². The van der Waals surface area contributed by atoms with Crippen molar-refractivity contribution in [3.63, 3.8) is 0 Å². The minimum atomic E-state index is -0.562. The zero-order chi connectivity index (χ0) is 23.3. The van der Waals surface area contributed by atoms with Gasteiger partial charge in [-0.3, -0.25) is 4.57 Å². The van der Waals surface area contributed by atoms with E-state index in [1.165, 1.54) is 0 Å². The SMILES string of the molecule is CCOC(=O)c1c(N)nc(N2CCCC(NC(=O)OC(C)(C)C)C2)n1Cc1ccccc1. The number of benzene rings is 1. The van der Waals surface area contributed by atoms with Gasteiger partial charge in [-0.2, -0.15) is 4.98 Å². The Labute approximate surface area is 188 Å². The first-order valence-corrected chi connectivity index (χ1v) is 11.0. The van der Waals surface area contributed by atoms with E-state index in [9.17, 15) is 9.59 Å². The van der Waals surface area contributed by atoms with Crippen molar-refractivity contribution in [2.75, 3.05) is 30.3 Å². The normalized spacial score (nSPS) is 16.5. The molecular formula is C23H33N5O4. The van der Waals surface area contributed by atoms with Crippen LogP contribution >= 0.6 is 0 Å². The van der Waals surface area contributed by atoms with Crippen LogP contribution in [0.3, 0.4) is 0 Å². The Balaban J connectivity index is 1.86. The van der Waals surface area contributed by atoms with Gasteiger partial charge in [0, 0.05) is 19.1 Å². The van der Waals surface area contributed by atoms with Gasteiger partial charge in [0.2, 0.25) is 5.95 Å². The summed E-state index contributed by atoms with van der Waals surface area (Å²) in [6.45, 7) is 9.20. The first-order chi connectivity index (χ1) is 15.2. The predicted octanol–water partition coefficient (Wildman–Crippen LogP) is 3.18. The van der Waals surface area contributed by atoms with Crippen LogP contribution in [0.25, 0.3) is 0 Å². The maximum absolute atomic E-state index is 12.7. The van der Waals surface area contributed by atoms with Gasteiger partial charge in [-0.1, -0.05) is 30.3 Å². The van der Waals surface area contributed by atoms with E-state index in [1.807, 2.05) is 56.0 Å². The molecule has 32 heavy (non-hydrogen) atoms. The Morgan fingerprint density at radius 2 is 1.97 bits per heavy atom. The van der Waals surface area contributed by atoms with E-state index < -0.39 is 17.7 Å². The summed E-state index contributed by atoms with van der Waals surface area (Å²) >= 11 is 0. The number of esters is 1. The van der Waals surface area contributed by atoms with Gasteiger partial charge in [-0.15, -0.1) is 0 Å². The van der Waals surface area contributed by atoms with Gasteiger partial charge in [-0.05, 0) is 46.1 Å². The van der Waals surface area contributed by atoms with Crippen molar-refractivity contribution < 1.29 is 19.1 Å². The number of anilines is 2. The van der Waals surface area contributed by atoms with Gasteiger partial charge in [-0.25, -0.2) is 9.59 Å². The summed E-state index contributed by atoms with van der Waals surface area (Å²) in [5.74, 6) is 0.224. The molecular weight excluding hydrogens is 410 g/mol. The molecule has 1 unspecified atom stereocenters. The molecule has 1 aliphatic heterocycles. The number of carbonyl (C=O) groups excluding carboxylic acids is 2. The number of nitrogens with zero attached hydrogens (tertiary/aromatic N) is 3. The third-order valence-corrected chi connectivity index (χ3v) is 5.05. The summed E-state index contributed by atoms with van der Waals surface area (Å²) in [7, 11) is 0. The minimum Gasteiger partial charge on any atom is -0.461 e. The van der Waals surface area contributed by atoms with Crippen LogP contribution < -0.4 is 16.0 Å². The lowest BCUT2D eigenvalue weighted by Gasteiger charge is -2.34. The second kappa shape index (κ2) is 9.93. The molecule has 0 spiro atoms. The van der Waals surface area contributed by atoms with E-state index in [0.717, 1.165) is 24.9 Å². The Morgan fingerprint density at radius 1 is 1.25 bits per heavy atom. The van der Waals surface area contributed by atoms with Crippen LogP contribution in [-0.4, -0.2) is 53.0 Å². The molecule has 1 aromatic carbocycles. The molecule has 3 N–H and O–H groups in total. The fraction of sp³-hybridized carbons (Fsp3) is 0.522. The molecule has 0 saturated carbocycles. The van der Waals surface area contributed by atoms with E-state index in [4.69, 9.17) is 15.2 Å². The number of hydrogen-bond acceptors (Lipinski definition) is 7. The highest BCUT2D eigenvalue weighted by atomic mass is 16.6. The first kappa shape index (κ1) is 23.4. The number of nitrogens with one attached hydrogen (secondary N) is 1. The molecule has 1 aromatic heterocycles. The number of amides is 1. The lowest BCUT2D eigenvalue weighted by molar-refractivity contribution is 0.0495. The molecule has 1 fully saturated rings. The van der Waals surface area contributed by atoms with E-state index in [-0.39, 0.29) is 24.2 Å². The number of aromatic nitrogens is 2. The topological polar surface area (TPSA) is 112 Å². The van der Waals surface area contributed by atoms with Crippen LogP contribution in [0.1, 0.15) is 56.6 Å².